The number of aromatic nitrogens is 1. The van der Waals surface area contributed by atoms with Crippen molar-refractivity contribution in [3.63, 3.8) is 0 Å². The first-order valence-corrected chi connectivity index (χ1v) is 7.12. The fraction of sp³-hybridized carbons (Fsp3) is 0.286. The van der Waals surface area contributed by atoms with Crippen LogP contribution in [0, 0.1) is 0 Å². The van der Waals surface area contributed by atoms with Gasteiger partial charge in [0.2, 0.25) is 0 Å². The third kappa shape index (κ3) is 5.06. The summed E-state index contributed by atoms with van der Waals surface area (Å²) >= 11 is 3.65. The summed E-state index contributed by atoms with van der Waals surface area (Å²) in [6.45, 7) is 0. The second-order valence-corrected chi connectivity index (χ2v) is 5.00. The molecule has 2 aromatic rings. The summed E-state index contributed by atoms with van der Waals surface area (Å²) in [6, 6.07) is 6.10. The molecule has 0 amide bonds. The minimum Gasteiger partial charge on any atom is -0.480 e. The van der Waals surface area contributed by atoms with Gasteiger partial charge in [0.25, 0.3) is 0 Å². The Balaban J connectivity index is 0.000000295. The lowest BCUT2D eigenvalue weighted by Crippen LogP contribution is -2.32. The average Bonchev–Trinajstić information content (AvgIpc) is 2.90. The summed E-state index contributed by atoms with van der Waals surface area (Å²) in [6.07, 6.45) is 2.16. The Labute approximate surface area is 132 Å². The van der Waals surface area contributed by atoms with E-state index >= 15 is 0 Å². The van der Waals surface area contributed by atoms with Crippen LogP contribution in [-0.2, 0) is 16.0 Å². The molecule has 22 heavy (non-hydrogen) atoms. The Morgan fingerprint density at radius 2 is 1.73 bits per heavy atom. The smallest absolute Gasteiger partial charge is 0.321 e. The first-order chi connectivity index (χ1) is 10.4. The van der Waals surface area contributed by atoms with Crippen molar-refractivity contribution in [2.75, 3.05) is 5.75 Å². The molecule has 0 radical (unpaired) electrons. The molecular formula is C14H19N3O4S. The maximum atomic E-state index is 10.6. The number of carboxylic acids is 2. The van der Waals surface area contributed by atoms with Gasteiger partial charge >= 0.3 is 11.9 Å². The van der Waals surface area contributed by atoms with Crippen molar-refractivity contribution < 1.29 is 19.8 Å². The van der Waals surface area contributed by atoms with E-state index in [9.17, 15) is 9.59 Å². The van der Waals surface area contributed by atoms with E-state index in [1.54, 1.807) is 0 Å². The molecule has 2 rings (SSSR count). The standard InChI is InChI=1S/C11H12N2O2.C3H7NO2S/c12-9(11(14)15)5-7-6-13-10-4-2-1-3-8(7)10;4-2(1-7)3(5)6/h1-4,6,9,13H,5,12H2,(H,14,15);2,7H,1,4H2,(H,5,6)/t;2-/m.0/s1. The van der Waals surface area contributed by atoms with E-state index in [-0.39, 0.29) is 5.75 Å². The quantitative estimate of drug-likeness (QED) is 0.441. The van der Waals surface area contributed by atoms with Crippen LogP contribution in [0.15, 0.2) is 30.5 Å². The van der Waals surface area contributed by atoms with Crippen molar-refractivity contribution in [2.24, 2.45) is 11.5 Å². The Hall–Kier alpha value is -2.03. The van der Waals surface area contributed by atoms with Crippen molar-refractivity contribution >= 4 is 35.5 Å². The van der Waals surface area contributed by atoms with Crippen LogP contribution in [-0.4, -0.2) is 45.0 Å². The van der Waals surface area contributed by atoms with Gasteiger partial charge in [-0.15, -0.1) is 0 Å². The van der Waals surface area contributed by atoms with Crippen LogP contribution >= 0.6 is 12.6 Å². The number of para-hydroxylation sites is 1. The van der Waals surface area contributed by atoms with Gasteiger partial charge < -0.3 is 26.7 Å². The highest BCUT2D eigenvalue weighted by Crippen LogP contribution is 2.18. The minimum atomic E-state index is -1.00. The number of nitrogens with two attached hydrogens (primary N) is 2. The maximum absolute atomic E-state index is 10.6. The minimum absolute atomic E-state index is 0.190. The Kier molecular flexibility index (Phi) is 6.90. The van der Waals surface area contributed by atoms with Crippen molar-refractivity contribution in [3.8, 4) is 0 Å². The predicted molar refractivity (Wildman–Crippen MR) is 87.1 cm³/mol. The highest BCUT2D eigenvalue weighted by Gasteiger charge is 2.14. The van der Waals surface area contributed by atoms with Gasteiger partial charge in [-0.05, 0) is 11.6 Å². The Bertz CT molecular complexity index is 644. The number of thiol groups is 1. The van der Waals surface area contributed by atoms with Gasteiger partial charge in [-0.1, -0.05) is 18.2 Å². The molecule has 7 nitrogen and oxygen atoms in total. The maximum Gasteiger partial charge on any atom is 0.321 e. The molecule has 1 heterocycles. The molecule has 8 heteroatoms. The number of rotatable bonds is 5. The van der Waals surface area contributed by atoms with Crippen LogP contribution in [0.3, 0.4) is 0 Å². The lowest BCUT2D eigenvalue weighted by molar-refractivity contribution is -0.139. The van der Waals surface area contributed by atoms with Crippen LogP contribution in [0.1, 0.15) is 5.56 Å². The van der Waals surface area contributed by atoms with Crippen LogP contribution in [0.2, 0.25) is 0 Å². The number of benzene rings is 1. The summed E-state index contributed by atoms with van der Waals surface area (Å²) < 4.78 is 0. The molecule has 1 aromatic heterocycles. The van der Waals surface area contributed by atoms with Crippen LogP contribution < -0.4 is 11.5 Å². The molecular weight excluding hydrogens is 306 g/mol. The second-order valence-electron chi connectivity index (χ2n) is 4.64. The molecule has 0 saturated carbocycles. The molecule has 0 aliphatic heterocycles. The number of carboxylic acid groups (broad SMARTS) is 2. The third-order valence-electron chi connectivity index (χ3n) is 2.95. The van der Waals surface area contributed by atoms with Crippen molar-refractivity contribution in [3.05, 3.63) is 36.0 Å². The van der Waals surface area contributed by atoms with E-state index in [4.69, 9.17) is 21.7 Å². The highest BCUT2D eigenvalue weighted by molar-refractivity contribution is 7.80. The molecule has 2 atom stereocenters. The van der Waals surface area contributed by atoms with E-state index in [1.807, 2.05) is 30.5 Å². The zero-order chi connectivity index (χ0) is 16.7. The lowest BCUT2D eigenvalue weighted by atomic mass is 10.1. The zero-order valence-electron chi connectivity index (χ0n) is 11.8. The molecule has 120 valence electrons. The van der Waals surface area contributed by atoms with E-state index in [0.29, 0.717) is 6.42 Å². The number of H-pyrrole nitrogens is 1. The molecule has 1 unspecified atom stereocenters. The van der Waals surface area contributed by atoms with Gasteiger partial charge in [-0.2, -0.15) is 12.6 Å². The first kappa shape index (κ1) is 18.0. The fourth-order valence-electron chi connectivity index (χ4n) is 1.70. The molecule has 0 aliphatic carbocycles. The third-order valence-corrected chi connectivity index (χ3v) is 3.34. The van der Waals surface area contributed by atoms with Crippen LogP contribution in [0.5, 0.6) is 0 Å². The van der Waals surface area contributed by atoms with Crippen molar-refractivity contribution in [1.82, 2.24) is 4.98 Å². The van der Waals surface area contributed by atoms with Gasteiger partial charge in [-0.3, -0.25) is 9.59 Å². The van der Waals surface area contributed by atoms with Gasteiger partial charge in [-0.25, -0.2) is 0 Å². The topological polar surface area (TPSA) is 142 Å². The number of hydrogen-bond acceptors (Lipinski definition) is 5. The number of hydrogen-bond donors (Lipinski definition) is 6. The van der Waals surface area contributed by atoms with E-state index in [1.165, 1.54) is 0 Å². The van der Waals surface area contributed by atoms with Crippen LogP contribution in [0.4, 0.5) is 0 Å². The van der Waals surface area contributed by atoms with E-state index in [2.05, 4.69) is 17.6 Å². The van der Waals surface area contributed by atoms with E-state index in [0.717, 1.165) is 16.5 Å². The number of carbonyl (C=O) groups is 2. The first-order valence-electron chi connectivity index (χ1n) is 6.49. The van der Waals surface area contributed by atoms with Gasteiger partial charge in [0.15, 0.2) is 0 Å². The average molecular weight is 325 g/mol. The van der Waals surface area contributed by atoms with Crippen LogP contribution in [0.25, 0.3) is 10.9 Å². The van der Waals surface area contributed by atoms with Gasteiger partial charge in [0, 0.05) is 29.3 Å². The molecule has 0 saturated heterocycles. The molecule has 1 aromatic carbocycles. The highest BCUT2D eigenvalue weighted by atomic mass is 32.1. The van der Waals surface area contributed by atoms with Gasteiger partial charge in [0.1, 0.15) is 12.1 Å². The number of aromatic amines is 1. The zero-order valence-corrected chi connectivity index (χ0v) is 12.7. The number of fused-ring (bicyclic) bond motifs is 1. The summed E-state index contributed by atoms with van der Waals surface area (Å²) in [5.41, 5.74) is 12.4. The summed E-state index contributed by atoms with van der Waals surface area (Å²) in [5.74, 6) is -1.79. The summed E-state index contributed by atoms with van der Waals surface area (Å²) in [5, 5.41) is 17.8. The van der Waals surface area contributed by atoms with Crippen molar-refractivity contribution in [2.45, 2.75) is 18.5 Å². The van der Waals surface area contributed by atoms with Gasteiger partial charge in [0.05, 0.1) is 0 Å². The number of aliphatic carboxylic acids is 2. The molecule has 0 spiro atoms. The summed E-state index contributed by atoms with van der Waals surface area (Å²) in [4.78, 5) is 23.5. The predicted octanol–water partition coefficient (Wildman–Crippen LogP) is 0.450. The summed E-state index contributed by atoms with van der Waals surface area (Å²) in [7, 11) is 0. The number of nitrogens with one attached hydrogen (secondary N) is 1. The Morgan fingerprint density at radius 1 is 1.14 bits per heavy atom. The molecule has 0 fully saturated rings. The SMILES string of the molecule is NC(Cc1c[nH]c2ccccc12)C(=O)O.N[C@@H](CS)C(=O)O. The molecule has 0 aliphatic rings. The molecule has 7 N–H and O–H groups in total. The van der Waals surface area contributed by atoms with E-state index < -0.39 is 24.0 Å². The fourth-order valence-corrected chi connectivity index (χ4v) is 1.86. The largest absolute Gasteiger partial charge is 0.480 e. The normalized spacial score (nSPS) is 13.0. The Morgan fingerprint density at radius 3 is 2.23 bits per heavy atom. The monoisotopic (exact) mass is 325 g/mol. The van der Waals surface area contributed by atoms with Crippen molar-refractivity contribution in [1.29, 1.82) is 0 Å². The molecule has 0 bridgehead atoms. The second kappa shape index (κ2) is 8.42. The lowest BCUT2D eigenvalue weighted by Gasteiger charge is -2.04.